The van der Waals surface area contributed by atoms with Gasteiger partial charge in [-0.25, -0.2) is 9.97 Å². The van der Waals surface area contributed by atoms with Gasteiger partial charge in [-0.2, -0.15) is 10.2 Å². The fourth-order valence-electron chi connectivity index (χ4n) is 7.45. The van der Waals surface area contributed by atoms with Gasteiger partial charge in [0, 0.05) is 82.6 Å². The normalized spacial score (nSPS) is 18.6. The van der Waals surface area contributed by atoms with Crippen LogP contribution in [-0.2, 0) is 23.7 Å². The molecule has 2 aliphatic rings. The van der Waals surface area contributed by atoms with E-state index in [1.807, 2.05) is 42.4 Å². The number of nitrogens with one attached hydrogen (secondary N) is 2. The van der Waals surface area contributed by atoms with Crippen molar-refractivity contribution in [1.82, 2.24) is 40.3 Å². The molecule has 8 aromatic rings. The van der Waals surface area contributed by atoms with Crippen LogP contribution in [0.25, 0.3) is 34.3 Å². The van der Waals surface area contributed by atoms with E-state index >= 15 is 0 Å². The molecule has 10 rings (SSSR count). The number of oxazole rings is 1. The molecule has 52 heavy (non-hydrogen) atoms. The van der Waals surface area contributed by atoms with Gasteiger partial charge in [0.1, 0.15) is 16.4 Å². The number of pyridine rings is 2. The molecule has 252 valence electrons. The summed E-state index contributed by atoms with van der Waals surface area (Å²) in [4.78, 5) is 16.8. The van der Waals surface area contributed by atoms with Gasteiger partial charge in [-0.05, 0) is 46.5 Å². The Labute approximate surface area is 303 Å². The Morgan fingerprint density at radius 2 is 1.10 bits per heavy atom. The number of fused-ring (bicyclic) bond motifs is 2. The molecule has 0 aliphatic heterocycles. The molecule has 2 atom stereocenters. The van der Waals surface area contributed by atoms with Crippen molar-refractivity contribution in [3.8, 4) is 22.2 Å². The third kappa shape index (κ3) is 5.50. The van der Waals surface area contributed by atoms with Crippen LogP contribution in [0.15, 0.2) is 150 Å². The predicted molar refractivity (Wildman–Crippen MR) is 202 cm³/mol. The fourth-order valence-corrected chi connectivity index (χ4v) is 8.09. The van der Waals surface area contributed by atoms with Gasteiger partial charge in [0.05, 0.1) is 6.20 Å². The molecule has 2 N–H and O–H groups in total. The molecule has 0 amide bonds. The molecule has 0 saturated carbocycles. The summed E-state index contributed by atoms with van der Waals surface area (Å²) in [5.74, 6) is 0.670. The quantitative estimate of drug-likeness (QED) is 0.179. The van der Waals surface area contributed by atoms with Crippen molar-refractivity contribution < 1.29 is 4.42 Å². The summed E-state index contributed by atoms with van der Waals surface area (Å²) in [7, 11) is 0. The van der Waals surface area contributed by atoms with Crippen LogP contribution in [0.5, 0.6) is 0 Å². The van der Waals surface area contributed by atoms with E-state index in [1.54, 1.807) is 17.5 Å². The van der Waals surface area contributed by atoms with Gasteiger partial charge in [0.25, 0.3) is 0 Å². The summed E-state index contributed by atoms with van der Waals surface area (Å²) in [6.45, 7) is 0. The van der Waals surface area contributed by atoms with Gasteiger partial charge in [-0.3, -0.25) is 20.2 Å². The fraction of sp³-hybridized carbons (Fsp3) is 0.0952. The summed E-state index contributed by atoms with van der Waals surface area (Å²) in [5, 5.41) is 18.4. The number of H-pyrrole nitrogens is 2. The topological polar surface area (TPSA) is 122 Å². The number of hydrogen-bond donors (Lipinski definition) is 2. The highest BCUT2D eigenvalue weighted by Crippen LogP contribution is 2.44. The first-order chi connectivity index (χ1) is 25.7. The minimum absolute atomic E-state index is 0.232. The van der Waals surface area contributed by atoms with Crippen LogP contribution in [0.2, 0.25) is 0 Å². The van der Waals surface area contributed by atoms with Crippen molar-refractivity contribution in [3.63, 3.8) is 0 Å². The number of rotatable bonds is 6. The van der Waals surface area contributed by atoms with Gasteiger partial charge in [-0.1, -0.05) is 85.0 Å². The second-order valence-corrected chi connectivity index (χ2v) is 13.7. The third-order valence-corrected chi connectivity index (χ3v) is 10.8. The van der Waals surface area contributed by atoms with E-state index < -0.39 is 0 Å². The Bertz CT molecular complexity index is 2200. The molecule has 0 spiro atoms. The average molecular weight is 697 g/mol. The lowest BCUT2D eigenvalue weighted by molar-refractivity contribution is 0.569. The smallest absolute Gasteiger partial charge is 0.181 e. The number of aromatic amines is 2. The lowest BCUT2D eigenvalue weighted by Gasteiger charge is -2.34. The van der Waals surface area contributed by atoms with Crippen LogP contribution in [0.3, 0.4) is 0 Å². The van der Waals surface area contributed by atoms with Crippen molar-refractivity contribution in [1.29, 1.82) is 0 Å². The summed E-state index contributed by atoms with van der Waals surface area (Å²) in [5.41, 5.74) is 10.6. The average Bonchev–Trinajstić information content (AvgIpc) is 4.07. The van der Waals surface area contributed by atoms with Crippen LogP contribution < -0.4 is 0 Å². The first-order valence-corrected chi connectivity index (χ1v) is 17.9. The highest BCUT2D eigenvalue weighted by atomic mass is 32.1. The number of thiazole rings is 1. The molecule has 9 nitrogen and oxygen atoms in total. The van der Waals surface area contributed by atoms with Crippen molar-refractivity contribution in [2.24, 2.45) is 0 Å². The highest BCUT2D eigenvalue weighted by molar-refractivity contribution is 7.13. The third-order valence-electron chi connectivity index (χ3n) is 10.0. The molecule has 2 aliphatic carbocycles. The molecule has 0 bridgehead atoms. The Balaban J connectivity index is 0.000000138. The molecule has 2 unspecified atom stereocenters. The van der Waals surface area contributed by atoms with Crippen molar-refractivity contribution in [3.05, 3.63) is 191 Å². The second kappa shape index (κ2) is 13.3. The van der Waals surface area contributed by atoms with Crippen molar-refractivity contribution in [2.45, 2.75) is 23.7 Å². The standard InChI is InChI=1S/C21H16N4O.C21H16N4S/c1-2-4-15(5-3-1)21(16-7-10-22-11-8-16)9-6-17-18(12-21)24-25-20(17)19-13-23-14-26-19;1-2-4-15(5-3-1)21(16-7-10-22-11-8-16)9-6-17-18(14-21)24-25-19(17)20-23-12-13-26-20/h1-11,13-14H,12H2,(H,24,25);1-13H,14H2,(H,24,25). The number of benzene rings is 2. The summed E-state index contributed by atoms with van der Waals surface area (Å²) >= 11 is 1.61. The maximum atomic E-state index is 5.43. The Hall–Kier alpha value is -6.52. The first kappa shape index (κ1) is 31.5. The van der Waals surface area contributed by atoms with Crippen molar-refractivity contribution in [2.75, 3.05) is 0 Å². The number of aromatic nitrogens is 8. The van der Waals surface area contributed by atoms with E-state index in [-0.39, 0.29) is 10.8 Å². The SMILES string of the molecule is C1=CC(c2ccccc2)(c2ccncc2)Cc2[nH]nc(-c3cnco3)c21.C1=CC(c2ccccc2)(c2ccncc2)Cc2[nH]nc(-c3nccs3)c21. The Morgan fingerprint density at radius 1 is 0.577 bits per heavy atom. The maximum Gasteiger partial charge on any atom is 0.181 e. The van der Waals surface area contributed by atoms with Gasteiger partial charge in [0.2, 0.25) is 0 Å². The lowest BCUT2D eigenvalue weighted by Crippen LogP contribution is -2.30. The minimum Gasteiger partial charge on any atom is -0.442 e. The molecule has 10 heteroatoms. The zero-order chi connectivity index (χ0) is 34.8. The van der Waals surface area contributed by atoms with E-state index in [0.717, 1.165) is 51.8 Å². The zero-order valence-electron chi connectivity index (χ0n) is 27.9. The number of nitrogens with zero attached hydrogens (tertiary/aromatic N) is 6. The van der Waals surface area contributed by atoms with Gasteiger partial charge in [-0.15, -0.1) is 11.3 Å². The van der Waals surface area contributed by atoms with Gasteiger partial charge < -0.3 is 4.42 Å². The highest BCUT2D eigenvalue weighted by Gasteiger charge is 2.38. The molecule has 0 fully saturated rings. The zero-order valence-corrected chi connectivity index (χ0v) is 28.7. The molecular formula is C42H32N8OS. The van der Waals surface area contributed by atoms with Crippen LogP contribution in [0.1, 0.15) is 44.8 Å². The Morgan fingerprint density at radius 3 is 1.60 bits per heavy atom. The second-order valence-electron chi connectivity index (χ2n) is 12.8. The summed E-state index contributed by atoms with van der Waals surface area (Å²) < 4.78 is 5.43. The van der Waals surface area contributed by atoms with Crippen molar-refractivity contribution >= 4 is 23.5 Å². The monoisotopic (exact) mass is 696 g/mol. The minimum atomic E-state index is -0.261. The van der Waals surface area contributed by atoms with Crippen LogP contribution in [0, 0.1) is 0 Å². The molecule has 0 saturated heterocycles. The summed E-state index contributed by atoms with van der Waals surface area (Å²) in [6, 6.07) is 29.5. The van der Waals surface area contributed by atoms with Crippen LogP contribution >= 0.6 is 11.3 Å². The van der Waals surface area contributed by atoms with Gasteiger partial charge in [0.15, 0.2) is 12.2 Å². The van der Waals surface area contributed by atoms with E-state index in [1.165, 1.54) is 28.6 Å². The van der Waals surface area contributed by atoms with Crippen LogP contribution in [-0.4, -0.2) is 40.3 Å². The first-order valence-electron chi connectivity index (χ1n) is 17.0. The predicted octanol–water partition coefficient (Wildman–Crippen LogP) is 8.50. The maximum absolute atomic E-state index is 5.43. The van der Waals surface area contributed by atoms with E-state index in [4.69, 9.17) is 4.42 Å². The Kier molecular flexibility index (Phi) is 8.05. The van der Waals surface area contributed by atoms with E-state index in [9.17, 15) is 0 Å². The molecular weight excluding hydrogens is 665 g/mol. The lowest BCUT2D eigenvalue weighted by atomic mass is 9.68. The molecule has 0 radical (unpaired) electrons. The van der Waals surface area contributed by atoms with E-state index in [2.05, 4.69) is 143 Å². The number of allylic oxidation sites excluding steroid dienone is 2. The molecule has 6 aromatic heterocycles. The van der Waals surface area contributed by atoms with E-state index in [0.29, 0.717) is 5.76 Å². The van der Waals surface area contributed by atoms with Crippen LogP contribution in [0.4, 0.5) is 0 Å². The molecule has 6 heterocycles. The largest absolute Gasteiger partial charge is 0.442 e. The number of hydrogen-bond acceptors (Lipinski definition) is 8. The molecule has 2 aromatic carbocycles. The van der Waals surface area contributed by atoms with Gasteiger partial charge >= 0.3 is 0 Å². The summed E-state index contributed by atoms with van der Waals surface area (Å²) in [6.07, 6.45) is 22.8.